The molecular weight excluding hydrogens is 236 g/mol. The van der Waals surface area contributed by atoms with E-state index in [1.54, 1.807) is 0 Å². The van der Waals surface area contributed by atoms with Crippen molar-refractivity contribution < 1.29 is 5.11 Å². The van der Waals surface area contributed by atoms with Gasteiger partial charge >= 0.3 is 0 Å². The second kappa shape index (κ2) is 4.86. The van der Waals surface area contributed by atoms with Gasteiger partial charge in [0.2, 0.25) is 0 Å². The molecule has 96 valence electrons. The van der Waals surface area contributed by atoms with Crippen LogP contribution in [0.25, 0.3) is 10.9 Å². The maximum absolute atomic E-state index is 9.35. The topological polar surface area (TPSA) is 38.0 Å². The Hall–Kier alpha value is -2.13. The fraction of sp³-hybridized carbons (Fsp3) is 0.188. The van der Waals surface area contributed by atoms with Crippen molar-refractivity contribution in [2.24, 2.45) is 0 Å². The van der Waals surface area contributed by atoms with Crippen molar-refractivity contribution in [3.8, 4) is 0 Å². The summed E-state index contributed by atoms with van der Waals surface area (Å²) in [5, 5.41) is 10.5. The minimum absolute atomic E-state index is 0.0735. The summed E-state index contributed by atoms with van der Waals surface area (Å²) in [6.45, 7) is 2.82. The van der Waals surface area contributed by atoms with Crippen molar-refractivity contribution in [1.82, 2.24) is 9.55 Å². The molecule has 0 aliphatic carbocycles. The van der Waals surface area contributed by atoms with Gasteiger partial charge in [-0.3, -0.25) is 4.98 Å². The quantitative estimate of drug-likeness (QED) is 0.778. The fourth-order valence-corrected chi connectivity index (χ4v) is 2.42. The average molecular weight is 252 g/mol. The van der Waals surface area contributed by atoms with E-state index in [1.807, 2.05) is 43.5 Å². The molecule has 1 N–H and O–H groups in total. The first-order valence-corrected chi connectivity index (χ1v) is 6.38. The van der Waals surface area contributed by atoms with E-state index in [4.69, 9.17) is 0 Å². The third-order valence-electron chi connectivity index (χ3n) is 3.35. The Morgan fingerprint density at radius 3 is 2.74 bits per heavy atom. The first-order valence-electron chi connectivity index (χ1n) is 6.38. The van der Waals surface area contributed by atoms with Gasteiger partial charge in [-0.1, -0.05) is 18.2 Å². The van der Waals surface area contributed by atoms with Crippen LogP contribution in [-0.4, -0.2) is 14.7 Å². The number of hydrogen-bond acceptors (Lipinski definition) is 2. The second-order valence-electron chi connectivity index (χ2n) is 4.72. The van der Waals surface area contributed by atoms with Crippen LogP contribution in [0.15, 0.2) is 48.7 Å². The van der Waals surface area contributed by atoms with Gasteiger partial charge in [0.15, 0.2) is 0 Å². The molecule has 19 heavy (non-hydrogen) atoms. The SMILES string of the molecule is Cc1cccc(Cn2ccc3c(CO)cccc32)n1. The summed E-state index contributed by atoms with van der Waals surface area (Å²) >= 11 is 0. The zero-order chi connectivity index (χ0) is 13.2. The van der Waals surface area contributed by atoms with Gasteiger partial charge in [0.05, 0.1) is 18.8 Å². The number of nitrogens with zero attached hydrogens (tertiary/aromatic N) is 2. The maximum atomic E-state index is 9.35. The van der Waals surface area contributed by atoms with Gasteiger partial charge in [-0.2, -0.15) is 0 Å². The van der Waals surface area contributed by atoms with E-state index in [0.29, 0.717) is 0 Å². The third-order valence-corrected chi connectivity index (χ3v) is 3.35. The molecule has 3 rings (SSSR count). The minimum atomic E-state index is 0.0735. The van der Waals surface area contributed by atoms with Gasteiger partial charge in [-0.15, -0.1) is 0 Å². The molecule has 0 aliphatic rings. The summed E-state index contributed by atoms with van der Waals surface area (Å²) in [4.78, 5) is 4.53. The molecule has 0 unspecified atom stereocenters. The number of fused-ring (bicyclic) bond motifs is 1. The number of aliphatic hydroxyl groups excluding tert-OH is 1. The van der Waals surface area contributed by atoms with Crippen molar-refractivity contribution in [3.05, 3.63) is 65.6 Å². The van der Waals surface area contributed by atoms with Gasteiger partial charge in [-0.25, -0.2) is 0 Å². The Morgan fingerprint density at radius 1 is 1.11 bits per heavy atom. The molecule has 0 fully saturated rings. The monoisotopic (exact) mass is 252 g/mol. The molecule has 0 saturated carbocycles. The molecule has 0 radical (unpaired) electrons. The van der Waals surface area contributed by atoms with Crippen LogP contribution in [-0.2, 0) is 13.2 Å². The van der Waals surface area contributed by atoms with Crippen LogP contribution >= 0.6 is 0 Å². The highest BCUT2D eigenvalue weighted by Crippen LogP contribution is 2.21. The first kappa shape index (κ1) is 11.9. The van der Waals surface area contributed by atoms with Gasteiger partial charge in [-0.05, 0) is 36.8 Å². The molecule has 0 aliphatic heterocycles. The van der Waals surface area contributed by atoms with Gasteiger partial charge < -0.3 is 9.67 Å². The molecule has 0 amide bonds. The molecule has 2 heterocycles. The van der Waals surface area contributed by atoms with E-state index in [2.05, 4.69) is 21.7 Å². The molecule has 3 aromatic rings. The lowest BCUT2D eigenvalue weighted by Crippen LogP contribution is -2.01. The predicted octanol–water partition coefficient (Wildman–Crippen LogP) is 2.89. The van der Waals surface area contributed by atoms with E-state index in [-0.39, 0.29) is 6.61 Å². The first-order chi connectivity index (χ1) is 9.28. The highest BCUT2D eigenvalue weighted by atomic mass is 16.3. The van der Waals surface area contributed by atoms with E-state index in [9.17, 15) is 5.11 Å². The normalized spacial score (nSPS) is 11.1. The second-order valence-corrected chi connectivity index (χ2v) is 4.72. The summed E-state index contributed by atoms with van der Waals surface area (Å²) in [6.07, 6.45) is 2.05. The molecular formula is C16H16N2O. The zero-order valence-electron chi connectivity index (χ0n) is 10.9. The number of aryl methyl sites for hydroxylation is 1. The molecule has 3 heteroatoms. The Morgan fingerprint density at radius 2 is 1.95 bits per heavy atom. The maximum Gasteiger partial charge on any atom is 0.0688 e. The smallest absolute Gasteiger partial charge is 0.0688 e. The number of rotatable bonds is 3. The fourth-order valence-electron chi connectivity index (χ4n) is 2.42. The summed E-state index contributed by atoms with van der Waals surface area (Å²) in [7, 11) is 0. The predicted molar refractivity (Wildman–Crippen MR) is 75.9 cm³/mol. The van der Waals surface area contributed by atoms with E-state index in [1.165, 1.54) is 0 Å². The van der Waals surface area contributed by atoms with Crippen LogP contribution in [0.5, 0.6) is 0 Å². The Bertz CT molecular complexity index is 716. The van der Waals surface area contributed by atoms with Crippen LogP contribution in [0.2, 0.25) is 0 Å². The van der Waals surface area contributed by atoms with Gasteiger partial charge in [0.25, 0.3) is 0 Å². The Kier molecular flexibility index (Phi) is 3.05. The lowest BCUT2D eigenvalue weighted by Gasteiger charge is -2.06. The highest BCUT2D eigenvalue weighted by molar-refractivity contribution is 5.83. The average Bonchev–Trinajstić information content (AvgIpc) is 2.82. The van der Waals surface area contributed by atoms with Crippen molar-refractivity contribution in [3.63, 3.8) is 0 Å². The number of pyridine rings is 1. The van der Waals surface area contributed by atoms with Crippen LogP contribution in [0.4, 0.5) is 0 Å². The number of aromatic nitrogens is 2. The molecule has 0 bridgehead atoms. The van der Waals surface area contributed by atoms with E-state index < -0.39 is 0 Å². The number of benzene rings is 1. The molecule has 3 nitrogen and oxygen atoms in total. The third kappa shape index (κ3) is 2.25. The van der Waals surface area contributed by atoms with E-state index in [0.717, 1.165) is 34.4 Å². The highest BCUT2D eigenvalue weighted by Gasteiger charge is 2.05. The molecule has 0 atom stereocenters. The lowest BCUT2D eigenvalue weighted by molar-refractivity contribution is 0.283. The standard InChI is InChI=1S/C16H16N2O/c1-12-4-2-6-14(17-12)10-18-9-8-15-13(11-19)5-3-7-16(15)18/h2-9,19H,10-11H2,1H3. The molecule has 0 spiro atoms. The Labute approximate surface area is 112 Å². The van der Waals surface area contributed by atoms with Crippen molar-refractivity contribution in [2.75, 3.05) is 0 Å². The van der Waals surface area contributed by atoms with Crippen molar-refractivity contribution >= 4 is 10.9 Å². The lowest BCUT2D eigenvalue weighted by atomic mass is 10.1. The Balaban J connectivity index is 2.02. The number of aliphatic hydroxyl groups is 1. The summed E-state index contributed by atoms with van der Waals surface area (Å²) in [5.74, 6) is 0. The van der Waals surface area contributed by atoms with Gasteiger partial charge in [0, 0.05) is 22.8 Å². The molecule has 2 aromatic heterocycles. The van der Waals surface area contributed by atoms with Crippen molar-refractivity contribution in [2.45, 2.75) is 20.1 Å². The summed E-state index contributed by atoms with van der Waals surface area (Å²) in [6, 6.07) is 14.1. The van der Waals surface area contributed by atoms with E-state index >= 15 is 0 Å². The van der Waals surface area contributed by atoms with Crippen LogP contribution in [0, 0.1) is 6.92 Å². The zero-order valence-corrected chi connectivity index (χ0v) is 10.9. The largest absolute Gasteiger partial charge is 0.392 e. The molecule has 1 aromatic carbocycles. The van der Waals surface area contributed by atoms with Crippen LogP contribution in [0.3, 0.4) is 0 Å². The van der Waals surface area contributed by atoms with Crippen LogP contribution < -0.4 is 0 Å². The van der Waals surface area contributed by atoms with Crippen molar-refractivity contribution in [1.29, 1.82) is 0 Å². The minimum Gasteiger partial charge on any atom is -0.392 e. The summed E-state index contributed by atoms with van der Waals surface area (Å²) in [5.41, 5.74) is 4.18. The van der Waals surface area contributed by atoms with Gasteiger partial charge in [0.1, 0.15) is 0 Å². The molecule has 0 saturated heterocycles. The number of hydrogen-bond donors (Lipinski definition) is 1. The van der Waals surface area contributed by atoms with Crippen LogP contribution in [0.1, 0.15) is 17.0 Å². The summed E-state index contributed by atoms with van der Waals surface area (Å²) < 4.78 is 2.16.